The summed E-state index contributed by atoms with van der Waals surface area (Å²) in [6, 6.07) is 6.96. The molecule has 2 rings (SSSR count). The molecule has 3 nitrogen and oxygen atoms in total. The molecule has 1 aromatic rings. The fraction of sp³-hybridized carbons (Fsp3) is 0.571. The molecule has 0 saturated heterocycles. The molecule has 3 heteroatoms. The molecule has 1 saturated carbocycles. The number of aryl methyl sites for hydroxylation is 1. The van der Waals surface area contributed by atoms with Gasteiger partial charge in [0.25, 0.3) is 0 Å². The number of hydrogen-bond donors (Lipinski definition) is 1. The SMILES string of the molecule is COc1ccc(C)cc1C(N)CN(C)C1CC1. The zero-order valence-corrected chi connectivity index (χ0v) is 10.9. The Morgan fingerprint density at radius 1 is 1.47 bits per heavy atom. The highest BCUT2D eigenvalue weighted by atomic mass is 16.5. The van der Waals surface area contributed by atoms with E-state index >= 15 is 0 Å². The minimum Gasteiger partial charge on any atom is -0.496 e. The molecular formula is C14H22N2O. The second kappa shape index (κ2) is 5.07. The minimum atomic E-state index is 0.0236. The third-order valence-electron chi connectivity index (χ3n) is 3.44. The van der Waals surface area contributed by atoms with Crippen molar-refractivity contribution >= 4 is 0 Å². The lowest BCUT2D eigenvalue weighted by Crippen LogP contribution is -2.30. The van der Waals surface area contributed by atoms with Crippen LogP contribution in [0.4, 0.5) is 0 Å². The number of rotatable bonds is 5. The molecule has 0 aliphatic heterocycles. The molecule has 0 aromatic heterocycles. The van der Waals surface area contributed by atoms with Gasteiger partial charge >= 0.3 is 0 Å². The fourth-order valence-corrected chi connectivity index (χ4v) is 2.22. The number of likely N-dealkylation sites (N-methyl/N-ethyl adjacent to an activating group) is 1. The predicted molar refractivity (Wildman–Crippen MR) is 70.3 cm³/mol. The highest BCUT2D eigenvalue weighted by molar-refractivity contribution is 5.39. The lowest BCUT2D eigenvalue weighted by molar-refractivity contribution is 0.299. The third kappa shape index (κ3) is 2.99. The smallest absolute Gasteiger partial charge is 0.123 e. The van der Waals surface area contributed by atoms with E-state index < -0.39 is 0 Å². The van der Waals surface area contributed by atoms with Crippen molar-refractivity contribution < 1.29 is 4.74 Å². The van der Waals surface area contributed by atoms with E-state index in [1.54, 1.807) is 7.11 Å². The van der Waals surface area contributed by atoms with Crippen molar-refractivity contribution in [2.75, 3.05) is 20.7 Å². The van der Waals surface area contributed by atoms with Gasteiger partial charge in [-0.05, 0) is 32.9 Å². The maximum Gasteiger partial charge on any atom is 0.123 e. The Bertz CT molecular complexity index is 388. The van der Waals surface area contributed by atoms with Gasteiger partial charge in [-0.15, -0.1) is 0 Å². The van der Waals surface area contributed by atoms with E-state index in [2.05, 4.69) is 31.0 Å². The minimum absolute atomic E-state index is 0.0236. The van der Waals surface area contributed by atoms with Gasteiger partial charge in [-0.2, -0.15) is 0 Å². The maximum absolute atomic E-state index is 6.29. The molecular weight excluding hydrogens is 212 g/mol. The number of benzene rings is 1. The largest absolute Gasteiger partial charge is 0.496 e. The number of ether oxygens (including phenoxy) is 1. The van der Waals surface area contributed by atoms with Gasteiger partial charge in [0, 0.05) is 24.2 Å². The summed E-state index contributed by atoms with van der Waals surface area (Å²) in [6.07, 6.45) is 2.63. The number of nitrogens with two attached hydrogens (primary N) is 1. The Labute approximate surface area is 104 Å². The molecule has 0 amide bonds. The van der Waals surface area contributed by atoms with Crippen LogP contribution >= 0.6 is 0 Å². The first-order valence-corrected chi connectivity index (χ1v) is 6.22. The summed E-state index contributed by atoms with van der Waals surface area (Å²) in [5.41, 5.74) is 8.62. The molecule has 0 heterocycles. The summed E-state index contributed by atoms with van der Waals surface area (Å²) < 4.78 is 5.38. The van der Waals surface area contributed by atoms with E-state index in [0.29, 0.717) is 0 Å². The first-order chi connectivity index (χ1) is 8.11. The third-order valence-corrected chi connectivity index (χ3v) is 3.44. The highest BCUT2D eigenvalue weighted by Gasteiger charge is 2.27. The molecule has 94 valence electrons. The van der Waals surface area contributed by atoms with E-state index in [1.807, 2.05) is 6.07 Å². The van der Waals surface area contributed by atoms with E-state index in [1.165, 1.54) is 18.4 Å². The van der Waals surface area contributed by atoms with Crippen molar-refractivity contribution in [2.24, 2.45) is 5.73 Å². The van der Waals surface area contributed by atoms with Crippen molar-refractivity contribution in [3.63, 3.8) is 0 Å². The topological polar surface area (TPSA) is 38.5 Å². The second-order valence-electron chi connectivity index (χ2n) is 5.02. The number of hydrogen-bond acceptors (Lipinski definition) is 3. The molecule has 1 aromatic carbocycles. The van der Waals surface area contributed by atoms with Crippen molar-refractivity contribution in [3.8, 4) is 5.75 Å². The van der Waals surface area contributed by atoms with Crippen LogP contribution in [-0.4, -0.2) is 31.6 Å². The monoisotopic (exact) mass is 234 g/mol. The van der Waals surface area contributed by atoms with Crippen molar-refractivity contribution in [1.82, 2.24) is 4.90 Å². The van der Waals surface area contributed by atoms with E-state index in [9.17, 15) is 0 Å². The fourth-order valence-electron chi connectivity index (χ4n) is 2.22. The molecule has 0 radical (unpaired) electrons. The Kier molecular flexibility index (Phi) is 3.69. The van der Waals surface area contributed by atoms with Crippen LogP contribution in [0.3, 0.4) is 0 Å². The van der Waals surface area contributed by atoms with Gasteiger partial charge < -0.3 is 15.4 Å². The molecule has 0 spiro atoms. The van der Waals surface area contributed by atoms with Crippen molar-refractivity contribution in [3.05, 3.63) is 29.3 Å². The Morgan fingerprint density at radius 3 is 2.76 bits per heavy atom. The summed E-state index contributed by atoms with van der Waals surface area (Å²) in [6.45, 7) is 2.98. The summed E-state index contributed by atoms with van der Waals surface area (Å²) in [5.74, 6) is 0.896. The molecule has 2 N–H and O–H groups in total. The van der Waals surface area contributed by atoms with Crippen LogP contribution in [0.1, 0.15) is 30.0 Å². The van der Waals surface area contributed by atoms with Crippen LogP contribution < -0.4 is 10.5 Å². The first-order valence-electron chi connectivity index (χ1n) is 6.22. The average Bonchev–Trinajstić information content (AvgIpc) is 3.12. The van der Waals surface area contributed by atoms with Crippen LogP contribution in [0.25, 0.3) is 0 Å². The molecule has 1 unspecified atom stereocenters. The maximum atomic E-state index is 6.29. The van der Waals surface area contributed by atoms with E-state index in [0.717, 1.165) is 23.9 Å². The molecule has 1 aliphatic rings. The van der Waals surface area contributed by atoms with Crippen LogP contribution in [0.15, 0.2) is 18.2 Å². The summed E-state index contributed by atoms with van der Waals surface area (Å²) in [7, 11) is 3.85. The van der Waals surface area contributed by atoms with Crippen molar-refractivity contribution in [2.45, 2.75) is 31.8 Å². The first kappa shape index (κ1) is 12.4. The van der Waals surface area contributed by atoms with Gasteiger partial charge in [0.1, 0.15) is 5.75 Å². The van der Waals surface area contributed by atoms with E-state index in [4.69, 9.17) is 10.5 Å². The molecule has 1 atom stereocenters. The zero-order chi connectivity index (χ0) is 12.4. The summed E-state index contributed by atoms with van der Waals surface area (Å²) in [5, 5.41) is 0. The van der Waals surface area contributed by atoms with Gasteiger partial charge in [0.2, 0.25) is 0 Å². The normalized spacial score (nSPS) is 17.2. The van der Waals surface area contributed by atoms with Crippen LogP contribution in [0.2, 0.25) is 0 Å². The van der Waals surface area contributed by atoms with Crippen LogP contribution in [-0.2, 0) is 0 Å². The van der Waals surface area contributed by atoms with Crippen molar-refractivity contribution in [1.29, 1.82) is 0 Å². The van der Waals surface area contributed by atoms with Gasteiger partial charge in [0.05, 0.1) is 7.11 Å². The zero-order valence-electron chi connectivity index (χ0n) is 10.9. The van der Waals surface area contributed by atoms with Gasteiger partial charge in [-0.3, -0.25) is 0 Å². The lowest BCUT2D eigenvalue weighted by Gasteiger charge is -2.22. The Balaban J connectivity index is 2.10. The number of methoxy groups -OCH3 is 1. The quantitative estimate of drug-likeness (QED) is 0.848. The second-order valence-corrected chi connectivity index (χ2v) is 5.02. The van der Waals surface area contributed by atoms with Gasteiger partial charge in [-0.25, -0.2) is 0 Å². The lowest BCUT2D eigenvalue weighted by atomic mass is 10.0. The van der Waals surface area contributed by atoms with E-state index in [-0.39, 0.29) is 6.04 Å². The standard InChI is InChI=1S/C14H22N2O/c1-10-4-7-14(17-3)12(8-10)13(15)9-16(2)11-5-6-11/h4,7-8,11,13H,5-6,9,15H2,1-3H3. The highest BCUT2D eigenvalue weighted by Crippen LogP contribution is 2.29. The summed E-state index contributed by atoms with van der Waals surface area (Å²) in [4.78, 5) is 2.35. The average molecular weight is 234 g/mol. The van der Waals surface area contributed by atoms with Crippen LogP contribution in [0.5, 0.6) is 5.75 Å². The van der Waals surface area contributed by atoms with Gasteiger partial charge in [-0.1, -0.05) is 17.7 Å². The predicted octanol–water partition coefficient (Wildman–Crippen LogP) is 2.10. The molecule has 1 fully saturated rings. The molecule has 1 aliphatic carbocycles. The molecule has 17 heavy (non-hydrogen) atoms. The van der Waals surface area contributed by atoms with Gasteiger partial charge in [0.15, 0.2) is 0 Å². The molecule has 0 bridgehead atoms. The Hall–Kier alpha value is -1.06. The van der Waals surface area contributed by atoms with Crippen LogP contribution in [0, 0.1) is 6.92 Å². The Morgan fingerprint density at radius 2 is 2.18 bits per heavy atom. The number of nitrogens with zero attached hydrogens (tertiary/aromatic N) is 1. The summed E-state index contributed by atoms with van der Waals surface area (Å²) >= 11 is 0.